The number of sulfonamides is 1. The molecule has 24 heavy (non-hydrogen) atoms. The van der Waals surface area contributed by atoms with E-state index in [-0.39, 0.29) is 5.92 Å². The lowest BCUT2D eigenvalue weighted by atomic mass is 9.97. The zero-order chi connectivity index (χ0) is 16.6. The van der Waals surface area contributed by atoms with Crippen LogP contribution >= 0.6 is 0 Å². The number of fused-ring (bicyclic) bond motifs is 2. The van der Waals surface area contributed by atoms with E-state index in [4.69, 9.17) is 4.74 Å². The van der Waals surface area contributed by atoms with E-state index in [1.165, 1.54) is 11.1 Å². The molecule has 4 nitrogen and oxygen atoms in total. The average Bonchev–Trinajstić information content (AvgIpc) is 3.07. The molecule has 2 aromatic carbocycles. The van der Waals surface area contributed by atoms with Crippen LogP contribution in [0.5, 0.6) is 5.75 Å². The van der Waals surface area contributed by atoms with Gasteiger partial charge in [-0.25, -0.2) is 13.1 Å². The molecule has 0 aromatic heterocycles. The minimum Gasteiger partial charge on any atom is -0.493 e. The van der Waals surface area contributed by atoms with Gasteiger partial charge in [0.1, 0.15) is 5.75 Å². The lowest BCUT2D eigenvalue weighted by molar-refractivity contribution is 0.223. The molecule has 1 aliphatic carbocycles. The van der Waals surface area contributed by atoms with Gasteiger partial charge in [0.05, 0.1) is 11.5 Å². The van der Waals surface area contributed by atoms with Crippen LogP contribution in [0.2, 0.25) is 0 Å². The molecule has 2 aliphatic rings. The standard InChI is InChI=1S/C19H21NO3S/c21-24(22,18-9-8-15-5-3-6-16(15)11-18)20-12-14-10-17-4-1-2-7-19(17)23-13-14/h1-2,4,7-9,11,14,20H,3,5-6,10,12-13H2. The van der Waals surface area contributed by atoms with Crippen LogP contribution < -0.4 is 9.46 Å². The molecule has 1 aliphatic heterocycles. The molecule has 0 saturated carbocycles. The van der Waals surface area contributed by atoms with Gasteiger partial charge < -0.3 is 4.74 Å². The van der Waals surface area contributed by atoms with E-state index in [0.717, 1.165) is 37.0 Å². The van der Waals surface area contributed by atoms with Crippen LogP contribution in [-0.2, 0) is 29.3 Å². The van der Waals surface area contributed by atoms with E-state index < -0.39 is 10.0 Å². The highest BCUT2D eigenvalue weighted by Crippen LogP contribution is 2.27. The Morgan fingerprint density at radius 1 is 1.04 bits per heavy atom. The number of ether oxygens (including phenoxy) is 1. The fraction of sp³-hybridized carbons (Fsp3) is 0.368. The normalized spacial score (nSPS) is 19.4. The first kappa shape index (κ1) is 15.7. The number of rotatable bonds is 4. The fourth-order valence-electron chi connectivity index (χ4n) is 3.55. The lowest BCUT2D eigenvalue weighted by Crippen LogP contribution is -2.34. The van der Waals surface area contributed by atoms with E-state index >= 15 is 0 Å². The molecule has 0 bridgehead atoms. The van der Waals surface area contributed by atoms with Crippen LogP contribution in [0.1, 0.15) is 23.1 Å². The highest BCUT2D eigenvalue weighted by atomic mass is 32.2. The molecule has 0 saturated heterocycles. The van der Waals surface area contributed by atoms with E-state index in [2.05, 4.69) is 4.72 Å². The molecule has 0 spiro atoms. The van der Waals surface area contributed by atoms with Gasteiger partial charge in [-0.1, -0.05) is 24.3 Å². The molecular weight excluding hydrogens is 322 g/mol. The van der Waals surface area contributed by atoms with Crippen LogP contribution in [0.4, 0.5) is 0 Å². The molecule has 5 heteroatoms. The maximum atomic E-state index is 12.6. The van der Waals surface area contributed by atoms with Crippen molar-refractivity contribution in [3.05, 3.63) is 59.2 Å². The van der Waals surface area contributed by atoms with Crippen LogP contribution in [0.3, 0.4) is 0 Å². The molecule has 1 unspecified atom stereocenters. The van der Waals surface area contributed by atoms with Gasteiger partial charge in [-0.3, -0.25) is 0 Å². The molecule has 0 fully saturated rings. The molecular formula is C19H21NO3S. The Kier molecular flexibility index (Phi) is 4.06. The molecule has 0 radical (unpaired) electrons. The number of hydrogen-bond acceptors (Lipinski definition) is 3. The largest absolute Gasteiger partial charge is 0.493 e. The van der Waals surface area contributed by atoms with Crippen molar-refractivity contribution < 1.29 is 13.2 Å². The molecule has 1 atom stereocenters. The van der Waals surface area contributed by atoms with Crippen LogP contribution in [0.15, 0.2) is 47.4 Å². The Hall–Kier alpha value is -1.85. The molecule has 1 N–H and O–H groups in total. The number of nitrogens with one attached hydrogen (secondary N) is 1. The number of aryl methyl sites for hydroxylation is 2. The second-order valence-corrected chi connectivity index (χ2v) is 8.39. The third-order valence-corrected chi connectivity index (χ3v) is 6.32. The van der Waals surface area contributed by atoms with Crippen molar-refractivity contribution >= 4 is 10.0 Å². The van der Waals surface area contributed by atoms with Crippen molar-refractivity contribution in [1.82, 2.24) is 4.72 Å². The van der Waals surface area contributed by atoms with Crippen molar-refractivity contribution in [3.8, 4) is 5.75 Å². The molecule has 2 aromatic rings. The summed E-state index contributed by atoms with van der Waals surface area (Å²) in [4.78, 5) is 0.375. The van der Waals surface area contributed by atoms with Crippen LogP contribution in [0.25, 0.3) is 0 Å². The Morgan fingerprint density at radius 2 is 1.88 bits per heavy atom. The van der Waals surface area contributed by atoms with Gasteiger partial charge in [-0.2, -0.15) is 0 Å². The first-order chi connectivity index (χ1) is 11.6. The predicted octanol–water partition coefficient (Wildman–Crippen LogP) is 2.70. The van der Waals surface area contributed by atoms with Gasteiger partial charge in [0.2, 0.25) is 10.0 Å². The summed E-state index contributed by atoms with van der Waals surface area (Å²) in [6.45, 7) is 0.942. The van der Waals surface area contributed by atoms with Gasteiger partial charge in [0.15, 0.2) is 0 Å². The first-order valence-electron chi connectivity index (χ1n) is 8.44. The van der Waals surface area contributed by atoms with Crippen molar-refractivity contribution in [2.24, 2.45) is 5.92 Å². The predicted molar refractivity (Wildman–Crippen MR) is 92.8 cm³/mol. The summed E-state index contributed by atoms with van der Waals surface area (Å²) < 4.78 is 33.6. The summed E-state index contributed by atoms with van der Waals surface area (Å²) >= 11 is 0. The average molecular weight is 343 g/mol. The number of hydrogen-bond donors (Lipinski definition) is 1. The van der Waals surface area contributed by atoms with Gasteiger partial charge in [0.25, 0.3) is 0 Å². The first-order valence-corrected chi connectivity index (χ1v) is 9.92. The van der Waals surface area contributed by atoms with Crippen LogP contribution in [-0.4, -0.2) is 21.6 Å². The summed E-state index contributed by atoms with van der Waals surface area (Å²) in [6.07, 6.45) is 3.99. The van der Waals surface area contributed by atoms with Gasteiger partial charge in [0, 0.05) is 12.5 Å². The second kappa shape index (κ2) is 6.22. The minimum absolute atomic E-state index is 0.157. The Balaban J connectivity index is 1.44. The third-order valence-electron chi connectivity index (χ3n) is 4.90. The van der Waals surface area contributed by atoms with Gasteiger partial charge in [-0.05, 0) is 60.6 Å². The van der Waals surface area contributed by atoms with Crippen molar-refractivity contribution in [3.63, 3.8) is 0 Å². The smallest absolute Gasteiger partial charge is 0.240 e. The summed E-state index contributed by atoms with van der Waals surface area (Å²) in [7, 11) is -3.46. The molecule has 1 heterocycles. The zero-order valence-electron chi connectivity index (χ0n) is 13.5. The van der Waals surface area contributed by atoms with Crippen molar-refractivity contribution in [2.75, 3.05) is 13.2 Å². The fourth-order valence-corrected chi connectivity index (χ4v) is 4.71. The van der Waals surface area contributed by atoms with E-state index in [0.29, 0.717) is 18.0 Å². The Labute approximate surface area is 142 Å². The summed E-state index contributed by atoms with van der Waals surface area (Å²) in [5.74, 6) is 1.07. The summed E-state index contributed by atoms with van der Waals surface area (Å²) in [5.41, 5.74) is 3.60. The maximum Gasteiger partial charge on any atom is 0.240 e. The molecule has 126 valence electrons. The quantitative estimate of drug-likeness (QED) is 0.929. The highest BCUT2D eigenvalue weighted by molar-refractivity contribution is 7.89. The summed E-state index contributed by atoms with van der Waals surface area (Å²) in [6, 6.07) is 13.4. The lowest BCUT2D eigenvalue weighted by Gasteiger charge is -2.25. The third kappa shape index (κ3) is 3.06. The second-order valence-electron chi connectivity index (χ2n) is 6.62. The minimum atomic E-state index is -3.46. The monoisotopic (exact) mass is 343 g/mol. The number of benzene rings is 2. The van der Waals surface area contributed by atoms with E-state index in [1.807, 2.05) is 36.4 Å². The summed E-state index contributed by atoms with van der Waals surface area (Å²) in [5, 5.41) is 0. The van der Waals surface area contributed by atoms with Crippen LogP contribution in [0, 0.1) is 5.92 Å². The molecule has 0 amide bonds. The maximum absolute atomic E-state index is 12.6. The highest BCUT2D eigenvalue weighted by Gasteiger charge is 2.23. The van der Waals surface area contributed by atoms with Gasteiger partial charge >= 0.3 is 0 Å². The van der Waals surface area contributed by atoms with E-state index in [1.54, 1.807) is 6.07 Å². The zero-order valence-corrected chi connectivity index (χ0v) is 14.3. The Morgan fingerprint density at radius 3 is 2.79 bits per heavy atom. The van der Waals surface area contributed by atoms with Crippen molar-refractivity contribution in [2.45, 2.75) is 30.6 Å². The van der Waals surface area contributed by atoms with Crippen molar-refractivity contribution in [1.29, 1.82) is 0 Å². The topological polar surface area (TPSA) is 55.4 Å². The van der Waals surface area contributed by atoms with Gasteiger partial charge in [-0.15, -0.1) is 0 Å². The van der Waals surface area contributed by atoms with E-state index in [9.17, 15) is 8.42 Å². The Bertz CT molecular complexity index is 861. The molecule has 4 rings (SSSR count). The number of para-hydroxylation sites is 1. The SMILES string of the molecule is O=S(=O)(NCC1COc2ccccc2C1)c1ccc2c(c1)CCC2.